The fraction of sp³-hybridized carbons (Fsp3) is 0.192. The van der Waals surface area contributed by atoms with E-state index in [2.05, 4.69) is 5.32 Å². The lowest BCUT2D eigenvalue weighted by Crippen LogP contribution is -2.31. The first-order chi connectivity index (χ1) is 15.2. The zero-order valence-electron chi connectivity index (χ0n) is 17.5. The van der Waals surface area contributed by atoms with E-state index in [0.29, 0.717) is 24.4 Å². The van der Waals surface area contributed by atoms with Crippen LogP contribution in [-0.2, 0) is 16.1 Å². The van der Waals surface area contributed by atoms with Crippen molar-refractivity contribution in [3.8, 4) is 5.75 Å². The number of aliphatic hydroxyl groups is 1. The summed E-state index contributed by atoms with van der Waals surface area (Å²) in [5.41, 5.74) is 3.27. The number of benzene rings is 3. The smallest absolute Gasteiger partial charge is 0.338 e. The van der Waals surface area contributed by atoms with Gasteiger partial charge in [-0.1, -0.05) is 72.8 Å². The van der Waals surface area contributed by atoms with E-state index in [1.807, 2.05) is 60.7 Å². The number of carbonyl (C=O) groups is 1. The number of nitrogens with one attached hydrogen (secondary N) is 1. The van der Waals surface area contributed by atoms with E-state index >= 15 is 0 Å². The molecule has 1 unspecified atom stereocenters. The molecule has 0 aliphatic heterocycles. The Hall–Kier alpha value is -3.41. The van der Waals surface area contributed by atoms with Crippen molar-refractivity contribution in [1.29, 1.82) is 0 Å². The Morgan fingerprint density at radius 2 is 1.61 bits per heavy atom. The van der Waals surface area contributed by atoms with Crippen LogP contribution in [0.15, 0.2) is 84.9 Å². The Morgan fingerprint density at radius 1 is 0.968 bits per heavy atom. The zero-order chi connectivity index (χ0) is 21.9. The molecule has 3 rings (SSSR count). The Kier molecular flexibility index (Phi) is 8.40. The highest BCUT2D eigenvalue weighted by Crippen LogP contribution is 2.22. The van der Waals surface area contributed by atoms with Crippen molar-refractivity contribution in [2.45, 2.75) is 12.6 Å². The van der Waals surface area contributed by atoms with Crippen molar-refractivity contribution in [1.82, 2.24) is 5.32 Å². The van der Waals surface area contributed by atoms with Gasteiger partial charge in [-0.15, -0.1) is 0 Å². The van der Waals surface area contributed by atoms with Crippen LogP contribution in [0.5, 0.6) is 5.75 Å². The van der Waals surface area contributed by atoms with Crippen LogP contribution in [0.4, 0.5) is 0 Å². The molecule has 0 fully saturated rings. The van der Waals surface area contributed by atoms with Crippen LogP contribution in [0.2, 0.25) is 0 Å². The maximum atomic E-state index is 12.3. The number of hydrogen-bond donors (Lipinski definition) is 2. The highest BCUT2D eigenvalue weighted by Gasteiger charge is 2.13. The third-order valence-electron chi connectivity index (χ3n) is 4.68. The second-order valence-electron chi connectivity index (χ2n) is 7.07. The molecule has 0 radical (unpaired) electrons. The summed E-state index contributed by atoms with van der Waals surface area (Å²) in [6.07, 6.45) is 1.16. The Balaban J connectivity index is 1.54. The molecule has 2 N–H and O–H groups in total. The topological polar surface area (TPSA) is 67.8 Å². The summed E-state index contributed by atoms with van der Waals surface area (Å²) in [6, 6.07) is 26.8. The number of esters is 1. The molecule has 160 valence electrons. The van der Waals surface area contributed by atoms with Crippen molar-refractivity contribution < 1.29 is 19.4 Å². The summed E-state index contributed by atoms with van der Waals surface area (Å²) in [7, 11) is 1.37. The van der Waals surface area contributed by atoms with Gasteiger partial charge in [0.1, 0.15) is 18.5 Å². The SMILES string of the molecule is COC(=O)/C(=C/c1ccccc1)c1ccc(OCC(O)CNCc2ccccc2)cc1. The second-order valence-corrected chi connectivity index (χ2v) is 7.07. The van der Waals surface area contributed by atoms with Gasteiger partial charge in [-0.25, -0.2) is 4.79 Å². The third-order valence-corrected chi connectivity index (χ3v) is 4.68. The van der Waals surface area contributed by atoms with Gasteiger partial charge >= 0.3 is 5.97 Å². The minimum absolute atomic E-state index is 0.171. The van der Waals surface area contributed by atoms with Crippen LogP contribution in [0, 0.1) is 0 Å². The molecule has 0 heterocycles. The average Bonchev–Trinajstić information content (AvgIpc) is 2.82. The highest BCUT2D eigenvalue weighted by atomic mass is 16.5. The van der Waals surface area contributed by atoms with Gasteiger partial charge in [-0.05, 0) is 34.9 Å². The third kappa shape index (κ3) is 7.10. The number of rotatable bonds is 10. The first-order valence-corrected chi connectivity index (χ1v) is 10.2. The Morgan fingerprint density at radius 3 is 2.26 bits per heavy atom. The molecule has 0 aliphatic carbocycles. The van der Waals surface area contributed by atoms with Crippen molar-refractivity contribution >= 4 is 17.6 Å². The van der Waals surface area contributed by atoms with E-state index in [4.69, 9.17) is 9.47 Å². The van der Waals surface area contributed by atoms with Gasteiger partial charge in [0.15, 0.2) is 0 Å². The summed E-state index contributed by atoms with van der Waals surface area (Å²) in [5.74, 6) is 0.215. The van der Waals surface area contributed by atoms with E-state index in [0.717, 1.165) is 16.7 Å². The van der Waals surface area contributed by atoms with Crippen LogP contribution in [0.25, 0.3) is 11.6 Å². The molecule has 0 amide bonds. The van der Waals surface area contributed by atoms with Crippen molar-refractivity contribution in [3.63, 3.8) is 0 Å². The largest absolute Gasteiger partial charge is 0.491 e. The van der Waals surface area contributed by atoms with Crippen LogP contribution in [-0.4, -0.2) is 37.4 Å². The maximum absolute atomic E-state index is 12.3. The lowest BCUT2D eigenvalue weighted by molar-refractivity contribution is -0.133. The highest BCUT2D eigenvalue weighted by molar-refractivity contribution is 6.21. The number of methoxy groups -OCH3 is 1. The Bertz CT molecular complexity index is 969. The summed E-state index contributed by atoms with van der Waals surface area (Å²) < 4.78 is 10.6. The van der Waals surface area contributed by atoms with Gasteiger partial charge in [0.2, 0.25) is 0 Å². The van der Waals surface area contributed by atoms with E-state index in [1.54, 1.807) is 30.3 Å². The first kappa shape index (κ1) is 22.3. The fourth-order valence-electron chi connectivity index (χ4n) is 3.05. The van der Waals surface area contributed by atoms with Crippen LogP contribution in [0.1, 0.15) is 16.7 Å². The quantitative estimate of drug-likeness (QED) is 0.297. The van der Waals surface area contributed by atoms with E-state index in [1.165, 1.54) is 7.11 Å². The molecule has 0 saturated carbocycles. The predicted octanol–water partition coefficient (Wildman–Crippen LogP) is 3.93. The number of hydrogen-bond acceptors (Lipinski definition) is 5. The summed E-state index contributed by atoms with van der Waals surface area (Å²) >= 11 is 0. The summed E-state index contributed by atoms with van der Waals surface area (Å²) in [5, 5.41) is 13.4. The first-order valence-electron chi connectivity index (χ1n) is 10.2. The molecular weight excluding hydrogens is 390 g/mol. The normalized spacial score (nSPS) is 12.3. The van der Waals surface area contributed by atoms with Crippen LogP contribution in [0.3, 0.4) is 0 Å². The van der Waals surface area contributed by atoms with Gasteiger partial charge in [-0.3, -0.25) is 0 Å². The van der Waals surface area contributed by atoms with Crippen molar-refractivity contribution in [2.75, 3.05) is 20.3 Å². The molecular formula is C26H27NO4. The average molecular weight is 418 g/mol. The molecule has 0 bridgehead atoms. The minimum Gasteiger partial charge on any atom is -0.491 e. The van der Waals surface area contributed by atoms with Crippen molar-refractivity contribution in [2.24, 2.45) is 0 Å². The van der Waals surface area contributed by atoms with Crippen molar-refractivity contribution in [3.05, 3.63) is 102 Å². The minimum atomic E-state index is -0.632. The molecule has 1 atom stereocenters. The molecule has 5 nitrogen and oxygen atoms in total. The molecule has 31 heavy (non-hydrogen) atoms. The standard InChI is InChI=1S/C26H27NO4/c1-30-26(29)25(16-20-8-4-2-5-9-20)22-12-14-24(15-13-22)31-19-23(28)18-27-17-21-10-6-3-7-11-21/h2-16,23,27-28H,17-19H2,1H3/b25-16+. The van der Waals surface area contributed by atoms with E-state index in [9.17, 15) is 9.90 Å². The lowest BCUT2D eigenvalue weighted by atomic mass is 10.0. The van der Waals surface area contributed by atoms with E-state index < -0.39 is 12.1 Å². The molecule has 0 saturated heterocycles. The molecule has 0 aliphatic rings. The van der Waals surface area contributed by atoms with Gasteiger partial charge in [-0.2, -0.15) is 0 Å². The van der Waals surface area contributed by atoms with Crippen LogP contribution >= 0.6 is 0 Å². The van der Waals surface area contributed by atoms with Gasteiger partial charge in [0.25, 0.3) is 0 Å². The Labute approximate surface area is 183 Å². The molecule has 3 aromatic carbocycles. The monoisotopic (exact) mass is 417 g/mol. The molecule has 5 heteroatoms. The van der Waals surface area contributed by atoms with E-state index in [-0.39, 0.29) is 6.61 Å². The number of ether oxygens (including phenoxy) is 2. The zero-order valence-corrected chi connectivity index (χ0v) is 17.5. The fourth-order valence-corrected chi connectivity index (χ4v) is 3.05. The number of carbonyl (C=O) groups excluding carboxylic acids is 1. The van der Waals surface area contributed by atoms with Crippen LogP contribution < -0.4 is 10.1 Å². The lowest BCUT2D eigenvalue weighted by Gasteiger charge is -2.14. The summed E-state index contributed by atoms with van der Waals surface area (Å²) in [6.45, 7) is 1.29. The maximum Gasteiger partial charge on any atom is 0.338 e. The molecule has 0 aromatic heterocycles. The number of aliphatic hydroxyl groups excluding tert-OH is 1. The van der Waals surface area contributed by atoms with Gasteiger partial charge < -0.3 is 19.9 Å². The van der Waals surface area contributed by atoms with Gasteiger partial charge in [0, 0.05) is 13.1 Å². The second kappa shape index (κ2) is 11.7. The summed E-state index contributed by atoms with van der Waals surface area (Å²) in [4.78, 5) is 12.3. The van der Waals surface area contributed by atoms with Gasteiger partial charge in [0.05, 0.1) is 12.7 Å². The molecule has 3 aromatic rings. The predicted molar refractivity (Wildman–Crippen MR) is 122 cm³/mol. The molecule has 0 spiro atoms.